The van der Waals surface area contributed by atoms with Crippen molar-refractivity contribution in [3.8, 4) is 11.1 Å². The third-order valence-corrected chi connectivity index (χ3v) is 8.73. The standard InChI is InChI=1S/C37H34N6O5/c44-20-30-34(47)32(42-31(46)18-17-29(45)26-15-13-24(14-16-26)23-7-2-1-3-8-23)37(48-30)43-22-41-33-35(39-21-40-36(33)43)38-19-27-11-6-10-25-9-4-5-12-28(25)27/h1-16,21-22,30,32,34,37,44,47H,17-20H2,(H,42,46)(H,38,39,40)/t30-,32-,34-,37-/m1/s1. The van der Waals surface area contributed by atoms with Crippen molar-refractivity contribution < 1.29 is 24.5 Å². The van der Waals surface area contributed by atoms with Gasteiger partial charge in [0.15, 0.2) is 29.0 Å². The van der Waals surface area contributed by atoms with Gasteiger partial charge >= 0.3 is 0 Å². The molecule has 48 heavy (non-hydrogen) atoms. The van der Waals surface area contributed by atoms with Crippen LogP contribution >= 0.6 is 0 Å². The SMILES string of the molecule is O=C(CCC(=O)c1ccc(-c2ccccc2)cc1)N[C@@H]1[C@H](O)[C@@H](CO)O[C@H]1n1cnc2c(NCc3cccc4ccccc34)ncnc21. The van der Waals surface area contributed by atoms with Crippen molar-refractivity contribution in [3.63, 3.8) is 0 Å². The van der Waals surface area contributed by atoms with Gasteiger partial charge < -0.3 is 25.6 Å². The third-order valence-electron chi connectivity index (χ3n) is 8.73. The zero-order valence-electron chi connectivity index (χ0n) is 25.9. The van der Waals surface area contributed by atoms with Crippen LogP contribution in [0.25, 0.3) is 33.1 Å². The fourth-order valence-corrected chi connectivity index (χ4v) is 6.19. The molecule has 2 aromatic heterocycles. The van der Waals surface area contributed by atoms with Crippen LogP contribution in [-0.2, 0) is 16.1 Å². The first-order valence-electron chi connectivity index (χ1n) is 15.8. The van der Waals surface area contributed by atoms with Crippen molar-refractivity contribution in [3.05, 3.63) is 121 Å². The molecular formula is C37H34N6O5. The summed E-state index contributed by atoms with van der Waals surface area (Å²) < 4.78 is 7.62. The first-order chi connectivity index (χ1) is 23.5. The molecule has 6 aromatic rings. The van der Waals surface area contributed by atoms with Gasteiger partial charge in [-0.1, -0.05) is 97.1 Å². The maximum atomic E-state index is 13.1. The summed E-state index contributed by atoms with van der Waals surface area (Å²) in [4.78, 5) is 39.4. The topological polar surface area (TPSA) is 151 Å². The maximum Gasteiger partial charge on any atom is 0.220 e. The second-order valence-corrected chi connectivity index (χ2v) is 11.7. The fraction of sp³-hybridized carbons (Fsp3) is 0.216. The summed E-state index contributed by atoms with van der Waals surface area (Å²) in [5.41, 5.74) is 4.56. The highest BCUT2D eigenvalue weighted by Crippen LogP contribution is 2.33. The number of amides is 1. The highest BCUT2D eigenvalue weighted by molar-refractivity contribution is 5.98. The van der Waals surface area contributed by atoms with Crippen molar-refractivity contribution in [2.24, 2.45) is 0 Å². The second-order valence-electron chi connectivity index (χ2n) is 11.7. The van der Waals surface area contributed by atoms with Gasteiger partial charge in [-0.3, -0.25) is 14.2 Å². The summed E-state index contributed by atoms with van der Waals surface area (Å²) in [6.07, 6.45) is -0.266. The van der Waals surface area contributed by atoms with E-state index in [2.05, 4.69) is 49.9 Å². The van der Waals surface area contributed by atoms with Crippen molar-refractivity contribution in [2.75, 3.05) is 11.9 Å². The lowest BCUT2D eigenvalue weighted by Gasteiger charge is -2.23. The van der Waals surface area contributed by atoms with Crippen LogP contribution in [0.5, 0.6) is 0 Å². The number of aromatic nitrogens is 4. The molecule has 4 aromatic carbocycles. The first-order valence-corrected chi connectivity index (χ1v) is 15.8. The molecule has 0 spiro atoms. The molecule has 0 bridgehead atoms. The van der Waals surface area contributed by atoms with Gasteiger partial charge in [0.1, 0.15) is 24.6 Å². The number of hydrogen-bond acceptors (Lipinski definition) is 9. The summed E-state index contributed by atoms with van der Waals surface area (Å²) in [7, 11) is 0. The number of hydrogen-bond donors (Lipinski definition) is 4. The Hall–Kier alpha value is -5.49. The van der Waals surface area contributed by atoms with E-state index in [0.29, 0.717) is 29.1 Å². The van der Waals surface area contributed by atoms with Crippen LogP contribution in [0.1, 0.15) is 35.0 Å². The number of ether oxygens (including phenoxy) is 1. The number of imidazole rings is 1. The quantitative estimate of drug-likeness (QED) is 0.148. The molecule has 0 aliphatic carbocycles. The van der Waals surface area contributed by atoms with E-state index in [1.807, 2.05) is 60.7 Å². The Bertz CT molecular complexity index is 2060. The molecule has 242 valence electrons. The van der Waals surface area contributed by atoms with Gasteiger partial charge in [-0.2, -0.15) is 0 Å². The number of ketones is 1. The van der Waals surface area contributed by atoms with Gasteiger partial charge in [-0.25, -0.2) is 15.0 Å². The number of benzene rings is 4. The molecule has 11 heteroatoms. The van der Waals surface area contributed by atoms with Gasteiger partial charge in [0, 0.05) is 24.9 Å². The Morgan fingerprint density at radius 3 is 2.40 bits per heavy atom. The zero-order chi connectivity index (χ0) is 33.0. The molecule has 11 nitrogen and oxygen atoms in total. The molecular weight excluding hydrogens is 608 g/mol. The van der Waals surface area contributed by atoms with E-state index in [0.717, 1.165) is 27.5 Å². The average Bonchev–Trinajstić information content (AvgIpc) is 3.70. The number of anilines is 1. The molecule has 0 radical (unpaired) electrons. The smallest absolute Gasteiger partial charge is 0.220 e. The number of rotatable bonds is 11. The number of carbonyl (C=O) groups excluding carboxylic acids is 2. The van der Waals surface area contributed by atoms with Crippen LogP contribution in [0, 0.1) is 0 Å². The predicted molar refractivity (Wildman–Crippen MR) is 181 cm³/mol. The Kier molecular flexibility index (Phi) is 8.89. The molecule has 4 atom stereocenters. The minimum Gasteiger partial charge on any atom is -0.394 e. The van der Waals surface area contributed by atoms with Gasteiger partial charge in [0.2, 0.25) is 5.91 Å². The minimum absolute atomic E-state index is 0.0127. The number of nitrogens with one attached hydrogen (secondary N) is 2. The summed E-state index contributed by atoms with van der Waals surface area (Å²) in [6, 6.07) is 30.5. The van der Waals surface area contributed by atoms with E-state index in [-0.39, 0.29) is 18.6 Å². The number of fused-ring (bicyclic) bond motifs is 2. The second kappa shape index (κ2) is 13.7. The van der Waals surface area contributed by atoms with E-state index < -0.39 is 37.0 Å². The van der Waals surface area contributed by atoms with Crippen molar-refractivity contribution in [2.45, 2.75) is 43.9 Å². The van der Waals surface area contributed by atoms with Crippen molar-refractivity contribution in [1.82, 2.24) is 24.8 Å². The zero-order valence-corrected chi connectivity index (χ0v) is 25.9. The van der Waals surface area contributed by atoms with E-state index in [1.54, 1.807) is 16.7 Å². The molecule has 1 fully saturated rings. The van der Waals surface area contributed by atoms with Crippen LogP contribution in [0.2, 0.25) is 0 Å². The summed E-state index contributed by atoms with van der Waals surface area (Å²) in [5.74, 6) is -0.0876. The summed E-state index contributed by atoms with van der Waals surface area (Å²) in [5, 5.41) is 29.4. The molecule has 0 saturated carbocycles. The number of aliphatic hydroxyl groups is 2. The number of aliphatic hydroxyl groups excluding tert-OH is 2. The van der Waals surface area contributed by atoms with Crippen LogP contribution in [-0.4, -0.2) is 66.3 Å². The van der Waals surface area contributed by atoms with Crippen LogP contribution < -0.4 is 10.6 Å². The molecule has 7 rings (SSSR count). The molecule has 1 aliphatic rings. The maximum absolute atomic E-state index is 13.1. The highest BCUT2D eigenvalue weighted by Gasteiger charge is 2.45. The summed E-state index contributed by atoms with van der Waals surface area (Å²) >= 11 is 0. The monoisotopic (exact) mass is 642 g/mol. The van der Waals surface area contributed by atoms with Gasteiger partial charge in [0.05, 0.1) is 12.9 Å². The lowest BCUT2D eigenvalue weighted by atomic mass is 10.0. The molecule has 1 saturated heterocycles. The van der Waals surface area contributed by atoms with E-state index >= 15 is 0 Å². The lowest BCUT2D eigenvalue weighted by molar-refractivity contribution is -0.123. The summed E-state index contributed by atoms with van der Waals surface area (Å²) in [6.45, 7) is 0.0427. The van der Waals surface area contributed by atoms with E-state index in [1.165, 1.54) is 12.7 Å². The lowest BCUT2D eigenvalue weighted by Crippen LogP contribution is -2.46. The predicted octanol–water partition coefficient (Wildman–Crippen LogP) is 4.66. The minimum atomic E-state index is -1.21. The molecule has 3 heterocycles. The number of nitrogens with zero attached hydrogens (tertiary/aromatic N) is 4. The number of carbonyl (C=O) groups is 2. The molecule has 0 unspecified atom stereocenters. The largest absolute Gasteiger partial charge is 0.394 e. The van der Waals surface area contributed by atoms with Gasteiger partial charge in [0.25, 0.3) is 0 Å². The Balaban J connectivity index is 1.04. The Labute approximate surface area is 276 Å². The number of Topliss-reactive ketones (excluding diaryl/α,β-unsaturated/α-hetero) is 1. The van der Waals surface area contributed by atoms with Gasteiger partial charge in [-0.15, -0.1) is 0 Å². The third kappa shape index (κ3) is 6.26. The molecule has 4 N–H and O–H groups in total. The van der Waals surface area contributed by atoms with E-state index in [9.17, 15) is 19.8 Å². The van der Waals surface area contributed by atoms with Gasteiger partial charge in [-0.05, 0) is 27.5 Å². The highest BCUT2D eigenvalue weighted by atomic mass is 16.5. The normalized spacial score (nSPS) is 19.0. The van der Waals surface area contributed by atoms with Crippen LogP contribution in [0.15, 0.2) is 110 Å². The van der Waals surface area contributed by atoms with Crippen LogP contribution in [0.4, 0.5) is 5.82 Å². The van der Waals surface area contributed by atoms with E-state index in [4.69, 9.17) is 4.74 Å². The average molecular weight is 643 g/mol. The van der Waals surface area contributed by atoms with Crippen molar-refractivity contribution in [1.29, 1.82) is 0 Å². The molecule has 1 aliphatic heterocycles. The Morgan fingerprint density at radius 2 is 1.58 bits per heavy atom. The molecule has 1 amide bonds. The Morgan fingerprint density at radius 1 is 0.833 bits per heavy atom. The first kappa shape index (κ1) is 31.1. The van der Waals surface area contributed by atoms with Crippen LogP contribution in [0.3, 0.4) is 0 Å². The fourth-order valence-electron chi connectivity index (χ4n) is 6.19. The van der Waals surface area contributed by atoms with Crippen molar-refractivity contribution >= 4 is 39.4 Å².